The number of nitrogens with one attached hydrogen (secondary N) is 2. The van der Waals surface area contributed by atoms with E-state index >= 15 is 0 Å². The van der Waals surface area contributed by atoms with Crippen molar-refractivity contribution in [3.63, 3.8) is 0 Å². The molecule has 3 heterocycles. The van der Waals surface area contributed by atoms with Crippen LogP contribution in [-0.2, 0) is 4.79 Å². The lowest BCUT2D eigenvalue weighted by molar-refractivity contribution is -0.116. The van der Waals surface area contributed by atoms with Crippen molar-refractivity contribution in [1.29, 1.82) is 0 Å². The first kappa shape index (κ1) is 25.3. The average Bonchev–Trinajstić information content (AvgIpc) is 3.56. The number of benzene rings is 2. The highest BCUT2D eigenvalue weighted by atomic mass is 32.1. The normalized spacial score (nSPS) is 16.7. The van der Waals surface area contributed by atoms with Gasteiger partial charge in [-0.3, -0.25) is 9.78 Å². The summed E-state index contributed by atoms with van der Waals surface area (Å²) >= 11 is 5.80. The number of thiocarbonyl (C=S) groups is 1. The standard InChI is InChI=1S/C29H29N5O3S/c1-36-24-14-5-3-10-20(24)31-26(35)16-19-34-28(27(32-29(34)38)21-11-7-8-17-30-21)23-13-9-18-33(23)22-12-4-6-15-25(22)37-2/h3-15,17-18,27-28H,16,19H2,1-2H3,(H,31,35)(H,32,38)/t27-,28-/m1/s1. The molecule has 8 nitrogen and oxygen atoms in total. The molecule has 1 aliphatic rings. The molecule has 5 rings (SSSR count). The number of hydrogen-bond acceptors (Lipinski definition) is 5. The number of ether oxygens (including phenoxy) is 2. The molecular weight excluding hydrogens is 498 g/mol. The second kappa shape index (κ2) is 11.4. The molecule has 0 bridgehead atoms. The SMILES string of the molecule is COc1ccccc1NC(=O)CCN1C(=S)N[C@H](c2ccccn2)[C@H]1c1cccn1-c1ccccc1OC. The van der Waals surface area contributed by atoms with Crippen molar-refractivity contribution >= 4 is 28.9 Å². The number of anilines is 1. The van der Waals surface area contributed by atoms with Gasteiger partial charge in [-0.25, -0.2) is 0 Å². The number of hydrogen-bond donors (Lipinski definition) is 2. The molecule has 194 valence electrons. The number of para-hydroxylation sites is 4. The van der Waals surface area contributed by atoms with Gasteiger partial charge in [-0.1, -0.05) is 30.3 Å². The van der Waals surface area contributed by atoms with Crippen molar-refractivity contribution in [2.45, 2.75) is 18.5 Å². The molecule has 2 N–H and O–H groups in total. The number of amides is 1. The predicted molar refractivity (Wildman–Crippen MR) is 151 cm³/mol. The number of nitrogens with zero attached hydrogens (tertiary/aromatic N) is 3. The fourth-order valence-electron chi connectivity index (χ4n) is 4.83. The molecule has 2 atom stereocenters. The number of pyridine rings is 1. The molecular formula is C29H29N5O3S. The molecule has 1 amide bonds. The molecule has 4 aromatic rings. The molecule has 0 radical (unpaired) electrons. The third kappa shape index (κ3) is 5.05. The maximum absolute atomic E-state index is 13.0. The second-order valence-electron chi connectivity index (χ2n) is 8.79. The summed E-state index contributed by atoms with van der Waals surface area (Å²) in [5.74, 6) is 1.25. The van der Waals surface area contributed by atoms with E-state index in [1.807, 2.05) is 79.0 Å². The summed E-state index contributed by atoms with van der Waals surface area (Å²) in [6, 6.07) is 24.7. The summed E-state index contributed by atoms with van der Waals surface area (Å²) in [6.45, 7) is 0.415. The van der Waals surface area contributed by atoms with E-state index in [2.05, 4.69) is 31.2 Å². The van der Waals surface area contributed by atoms with Crippen LogP contribution in [0.1, 0.15) is 29.9 Å². The maximum Gasteiger partial charge on any atom is 0.226 e. The van der Waals surface area contributed by atoms with Crippen LogP contribution in [0.3, 0.4) is 0 Å². The molecule has 0 aliphatic carbocycles. The quantitative estimate of drug-likeness (QED) is 0.300. The van der Waals surface area contributed by atoms with Crippen molar-refractivity contribution in [3.05, 3.63) is 103 Å². The summed E-state index contributed by atoms with van der Waals surface area (Å²) in [6.07, 6.45) is 4.02. The lowest BCUT2D eigenvalue weighted by Crippen LogP contribution is -2.33. The second-order valence-corrected chi connectivity index (χ2v) is 9.18. The Morgan fingerprint density at radius 3 is 2.47 bits per heavy atom. The minimum absolute atomic E-state index is 0.127. The average molecular weight is 528 g/mol. The minimum atomic E-state index is -0.212. The molecule has 2 aromatic heterocycles. The lowest BCUT2D eigenvalue weighted by atomic mass is 10.0. The summed E-state index contributed by atoms with van der Waals surface area (Å²) in [7, 11) is 3.25. The topological polar surface area (TPSA) is 80.7 Å². The van der Waals surface area contributed by atoms with Crippen LogP contribution in [0.25, 0.3) is 5.69 Å². The largest absolute Gasteiger partial charge is 0.495 e. The molecule has 1 saturated heterocycles. The van der Waals surface area contributed by atoms with Gasteiger partial charge in [0.1, 0.15) is 11.5 Å². The summed E-state index contributed by atoms with van der Waals surface area (Å²) in [4.78, 5) is 19.7. The lowest BCUT2D eigenvalue weighted by Gasteiger charge is -2.29. The Labute approximate surface area is 227 Å². The van der Waals surface area contributed by atoms with Crippen molar-refractivity contribution in [1.82, 2.24) is 19.8 Å². The summed E-state index contributed by atoms with van der Waals surface area (Å²) in [5, 5.41) is 6.99. The van der Waals surface area contributed by atoms with Crippen molar-refractivity contribution in [2.24, 2.45) is 0 Å². The summed E-state index contributed by atoms with van der Waals surface area (Å²) in [5.41, 5.74) is 3.42. The fourth-order valence-corrected chi connectivity index (χ4v) is 5.17. The first-order chi connectivity index (χ1) is 18.6. The predicted octanol–water partition coefficient (Wildman–Crippen LogP) is 4.89. The molecule has 0 spiro atoms. The molecule has 2 aromatic carbocycles. The Balaban J connectivity index is 1.46. The number of carbonyl (C=O) groups excluding carboxylic acids is 1. The van der Waals surface area contributed by atoms with Crippen LogP contribution in [0.5, 0.6) is 11.5 Å². The highest BCUT2D eigenvalue weighted by Gasteiger charge is 2.41. The first-order valence-corrected chi connectivity index (χ1v) is 12.7. The van der Waals surface area contributed by atoms with Gasteiger partial charge in [-0.15, -0.1) is 0 Å². The maximum atomic E-state index is 13.0. The van der Waals surface area contributed by atoms with Gasteiger partial charge in [0.2, 0.25) is 5.91 Å². The van der Waals surface area contributed by atoms with Crippen molar-refractivity contribution < 1.29 is 14.3 Å². The third-order valence-corrected chi connectivity index (χ3v) is 6.94. The van der Waals surface area contributed by atoms with E-state index in [1.54, 1.807) is 20.4 Å². The Morgan fingerprint density at radius 1 is 0.974 bits per heavy atom. The van der Waals surface area contributed by atoms with Crippen LogP contribution < -0.4 is 20.1 Å². The first-order valence-electron chi connectivity index (χ1n) is 12.3. The van der Waals surface area contributed by atoms with Crippen LogP contribution in [0.15, 0.2) is 91.3 Å². The Morgan fingerprint density at radius 2 is 1.71 bits per heavy atom. The molecule has 38 heavy (non-hydrogen) atoms. The highest BCUT2D eigenvalue weighted by Crippen LogP contribution is 2.40. The Bertz CT molecular complexity index is 1420. The van der Waals surface area contributed by atoms with E-state index in [0.717, 1.165) is 22.8 Å². The summed E-state index contributed by atoms with van der Waals surface area (Å²) < 4.78 is 13.1. The van der Waals surface area contributed by atoms with Gasteiger partial charge in [0, 0.05) is 31.1 Å². The van der Waals surface area contributed by atoms with Crippen molar-refractivity contribution in [2.75, 3.05) is 26.1 Å². The zero-order chi connectivity index (χ0) is 26.5. The van der Waals surface area contributed by atoms with Crippen molar-refractivity contribution in [3.8, 4) is 17.2 Å². The van der Waals surface area contributed by atoms with Gasteiger partial charge in [0.15, 0.2) is 5.11 Å². The fraction of sp³-hybridized carbons (Fsp3) is 0.207. The van der Waals surface area contributed by atoms with Gasteiger partial charge < -0.3 is 29.6 Å². The van der Waals surface area contributed by atoms with E-state index in [4.69, 9.17) is 21.7 Å². The number of rotatable bonds is 9. The molecule has 0 saturated carbocycles. The van der Waals surface area contributed by atoms with Gasteiger partial charge in [0.25, 0.3) is 0 Å². The van der Waals surface area contributed by atoms with Crippen LogP contribution in [0.2, 0.25) is 0 Å². The molecule has 1 aliphatic heterocycles. The monoisotopic (exact) mass is 527 g/mol. The van der Waals surface area contributed by atoms with Crippen LogP contribution >= 0.6 is 12.2 Å². The minimum Gasteiger partial charge on any atom is -0.495 e. The highest BCUT2D eigenvalue weighted by molar-refractivity contribution is 7.80. The number of carbonyl (C=O) groups is 1. The number of methoxy groups -OCH3 is 2. The molecule has 9 heteroatoms. The van der Waals surface area contributed by atoms with Crippen LogP contribution in [0, 0.1) is 0 Å². The van der Waals surface area contributed by atoms with E-state index in [0.29, 0.717) is 23.1 Å². The van der Waals surface area contributed by atoms with E-state index in [9.17, 15) is 4.79 Å². The van der Waals surface area contributed by atoms with Crippen LogP contribution in [-0.4, -0.2) is 46.2 Å². The zero-order valence-corrected chi connectivity index (χ0v) is 22.0. The van der Waals surface area contributed by atoms with E-state index in [1.165, 1.54) is 0 Å². The zero-order valence-electron chi connectivity index (χ0n) is 21.2. The van der Waals surface area contributed by atoms with Gasteiger partial charge >= 0.3 is 0 Å². The van der Waals surface area contributed by atoms with Gasteiger partial charge in [-0.05, 0) is 60.7 Å². The number of aromatic nitrogens is 2. The van der Waals surface area contributed by atoms with Crippen LogP contribution in [0.4, 0.5) is 5.69 Å². The molecule has 0 unspecified atom stereocenters. The van der Waals surface area contributed by atoms with Gasteiger partial charge in [-0.2, -0.15) is 0 Å². The third-order valence-electron chi connectivity index (χ3n) is 6.59. The van der Waals surface area contributed by atoms with E-state index < -0.39 is 0 Å². The molecule has 1 fully saturated rings. The van der Waals surface area contributed by atoms with E-state index in [-0.39, 0.29) is 24.4 Å². The smallest absolute Gasteiger partial charge is 0.226 e. The van der Waals surface area contributed by atoms with Gasteiger partial charge in [0.05, 0.1) is 43.4 Å². The Kier molecular flexibility index (Phi) is 7.55. The Hall–Kier alpha value is -4.37.